The maximum atomic E-state index is 11.1. The van der Waals surface area contributed by atoms with Crippen LogP contribution in [0.1, 0.15) is 15.2 Å². The van der Waals surface area contributed by atoms with Crippen molar-refractivity contribution in [1.29, 1.82) is 0 Å². The number of nitrogens with one attached hydrogen (secondary N) is 1. The number of nitro benzene ring substituents is 1. The lowest BCUT2D eigenvalue weighted by molar-refractivity contribution is -0.384. The average molecular weight is 370 g/mol. The normalized spacial score (nSPS) is 10.3. The number of hydrogen-bond donors (Lipinski definition) is 2. The number of nitro groups is 1. The van der Waals surface area contributed by atoms with Crippen molar-refractivity contribution in [3.63, 3.8) is 0 Å². The summed E-state index contributed by atoms with van der Waals surface area (Å²) in [5.41, 5.74) is 5.47. The molecule has 1 aromatic heterocycles. The van der Waals surface area contributed by atoms with Crippen LogP contribution in [0.25, 0.3) is 0 Å². The van der Waals surface area contributed by atoms with Gasteiger partial charge < -0.3 is 11.1 Å². The van der Waals surface area contributed by atoms with E-state index in [9.17, 15) is 14.9 Å². The zero-order valence-electron chi connectivity index (χ0n) is 10.8. The number of nitrogens with zero attached hydrogens (tertiary/aromatic N) is 1. The van der Waals surface area contributed by atoms with Crippen molar-refractivity contribution in [3.8, 4) is 0 Å². The topological polar surface area (TPSA) is 98.3 Å². The van der Waals surface area contributed by atoms with Crippen LogP contribution >= 0.6 is 27.3 Å². The van der Waals surface area contributed by atoms with Crippen LogP contribution in [0.4, 0.5) is 11.4 Å². The highest BCUT2D eigenvalue weighted by Crippen LogP contribution is 2.26. The number of benzene rings is 1. The van der Waals surface area contributed by atoms with Gasteiger partial charge in [0.15, 0.2) is 0 Å². The number of hydrogen-bond acceptors (Lipinski definition) is 5. The lowest BCUT2D eigenvalue weighted by atomic mass is 10.1. The second-order valence-corrected chi connectivity index (χ2v) is 6.78. The Hall–Kier alpha value is -1.93. The second-order valence-electron chi connectivity index (χ2n) is 4.24. The highest BCUT2D eigenvalue weighted by atomic mass is 79.9. The number of nitrogens with two attached hydrogens (primary N) is 1. The number of amides is 1. The highest BCUT2D eigenvalue weighted by Gasteiger charge is 2.16. The molecule has 1 amide bonds. The summed E-state index contributed by atoms with van der Waals surface area (Å²) >= 11 is 5.01. The van der Waals surface area contributed by atoms with E-state index in [4.69, 9.17) is 5.73 Å². The Kier molecular flexibility index (Phi) is 4.92. The molecule has 0 saturated carbocycles. The number of thiophene rings is 1. The molecular formula is C13H12BrN3O3S. The molecule has 0 spiro atoms. The van der Waals surface area contributed by atoms with Crippen LogP contribution in [0.2, 0.25) is 0 Å². The Balaban J connectivity index is 2.08. The third-order valence-corrected chi connectivity index (χ3v) is 4.48. The van der Waals surface area contributed by atoms with Crippen molar-refractivity contribution < 1.29 is 9.72 Å². The Morgan fingerprint density at radius 3 is 2.71 bits per heavy atom. The van der Waals surface area contributed by atoms with Crippen molar-refractivity contribution in [1.82, 2.24) is 0 Å². The molecule has 8 heteroatoms. The van der Waals surface area contributed by atoms with Gasteiger partial charge in [0.1, 0.15) is 5.69 Å². The molecule has 6 nitrogen and oxygen atoms in total. The maximum absolute atomic E-state index is 11.1. The molecule has 0 aliphatic carbocycles. The molecule has 3 N–H and O–H groups in total. The van der Waals surface area contributed by atoms with Crippen LogP contribution in [-0.4, -0.2) is 17.4 Å². The van der Waals surface area contributed by atoms with E-state index in [2.05, 4.69) is 21.2 Å². The molecule has 0 unspecified atom stereocenters. The van der Waals surface area contributed by atoms with Crippen molar-refractivity contribution >= 4 is 44.5 Å². The van der Waals surface area contributed by atoms with E-state index in [0.717, 1.165) is 10.2 Å². The van der Waals surface area contributed by atoms with E-state index in [1.807, 2.05) is 12.1 Å². The van der Waals surface area contributed by atoms with Crippen LogP contribution in [0.5, 0.6) is 0 Å². The average Bonchev–Trinajstić information content (AvgIpc) is 2.84. The van der Waals surface area contributed by atoms with Crippen LogP contribution in [0.3, 0.4) is 0 Å². The fourth-order valence-electron chi connectivity index (χ4n) is 1.79. The van der Waals surface area contributed by atoms with Crippen LogP contribution < -0.4 is 11.1 Å². The standard InChI is InChI=1S/C13H12BrN3O3S/c14-12-4-2-9(21-12)5-6-16-10-3-1-8(13(15)18)7-11(10)17(19)20/h1-4,7,16H,5-6H2,(H2,15,18). The summed E-state index contributed by atoms with van der Waals surface area (Å²) in [6.07, 6.45) is 0.755. The number of primary amides is 1. The second kappa shape index (κ2) is 6.68. The maximum Gasteiger partial charge on any atom is 0.293 e. The largest absolute Gasteiger partial charge is 0.379 e. The molecule has 0 saturated heterocycles. The minimum atomic E-state index is -0.687. The zero-order chi connectivity index (χ0) is 15.4. The quantitative estimate of drug-likeness (QED) is 0.603. The fourth-order valence-corrected chi connectivity index (χ4v) is 3.27. The molecule has 21 heavy (non-hydrogen) atoms. The van der Waals surface area contributed by atoms with Gasteiger partial charge in [0, 0.05) is 23.1 Å². The number of carbonyl (C=O) groups is 1. The van der Waals surface area contributed by atoms with Gasteiger partial charge in [-0.25, -0.2) is 0 Å². The van der Waals surface area contributed by atoms with Crippen molar-refractivity contribution in [3.05, 3.63) is 54.7 Å². The van der Waals surface area contributed by atoms with Crippen LogP contribution in [-0.2, 0) is 6.42 Å². The highest BCUT2D eigenvalue weighted by molar-refractivity contribution is 9.11. The monoisotopic (exact) mass is 369 g/mol. The first-order chi connectivity index (χ1) is 9.97. The minimum absolute atomic E-state index is 0.120. The smallest absolute Gasteiger partial charge is 0.293 e. The van der Waals surface area contributed by atoms with Gasteiger partial charge >= 0.3 is 0 Å². The summed E-state index contributed by atoms with van der Waals surface area (Å²) in [7, 11) is 0. The molecule has 2 rings (SSSR count). The van der Waals surface area contributed by atoms with Gasteiger partial charge in [-0.2, -0.15) is 0 Å². The van der Waals surface area contributed by atoms with E-state index in [1.54, 1.807) is 11.3 Å². The van der Waals surface area contributed by atoms with Gasteiger partial charge in [-0.05, 0) is 46.6 Å². The fraction of sp³-hybridized carbons (Fsp3) is 0.154. The third-order valence-electron chi connectivity index (χ3n) is 2.79. The molecule has 110 valence electrons. The van der Waals surface area contributed by atoms with Gasteiger partial charge in [0.05, 0.1) is 8.71 Å². The molecule has 0 atom stereocenters. The summed E-state index contributed by atoms with van der Waals surface area (Å²) in [6.45, 7) is 0.559. The van der Waals surface area contributed by atoms with E-state index in [1.165, 1.54) is 23.1 Å². The van der Waals surface area contributed by atoms with Gasteiger partial charge in [-0.15, -0.1) is 11.3 Å². The first-order valence-electron chi connectivity index (χ1n) is 6.03. The Morgan fingerprint density at radius 1 is 1.38 bits per heavy atom. The summed E-state index contributed by atoms with van der Waals surface area (Å²) in [4.78, 5) is 22.7. The number of anilines is 1. The predicted molar refractivity (Wildman–Crippen MR) is 85.8 cm³/mol. The summed E-state index contributed by atoms with van der Waals surface area (Å²) in [5, 5.41) is 14.1. The number of rotatable bonds is 6. The van der Waals surface area contributed by atoms with E-state index in [0.29, 0.717) is 12.2 Å². The van der Waals surface area contributed by atoms with Gasteiger partial charge in [-0.3, -0.25) is 14.9 Å². The lowest BCUT2D eigenvalue weighted by Gasteiger charge is -2.07. The van der Waals surface area contributed by atoms with Gasteiger partial charge in [0.25, 0.3) is 5.69 Å². The Labute approximate surface area is 133 Å². The van der Waals surface area contributed by atoms with E-state index in [-0.39, 0.29) is 11.3 Å². The number of halogens is 1. The third kappa shape index (κ3) is 4.02. The minimum Gasteiger partial charge on any atom is -0.379 e. The molecule has 1 heterocycles. The lowest BCUT2D eigenvalue weighted by Crippen LogP contribution is -2.12. The summed E-state index contributed by atoms with van der Waals surface area (Å²) in [6, 6.07) is 8.12. The van der Waals surface area contributed by atoms with E-state index >= 15 is 0 Å². The Morgan fingerprint density at radius 2 is 2.14 bits per heavy atom. The molecule has 0 aliphatic rings. The SMILES string of the molecule is NC(=O)c1ccc(NCCc2ccc(Br)s2)c([N+](=O)[O-])c1. The van der Waals surface area contributed by atoms with Crippen molar-refractivity contribution in [2.24, 2.45) is 5.73 Å². The zero-order valence-corrected chi connectivity index (χ0v) is 13.2. The van der Waals surface area contributed by atoms with Crippen molar-refractivity contribution in [2.75, 3.05) is 11.9 Å². The summed E-state index contributed by atoms with van der Waals surface area (Å²) in [5.74, 6) is -0.687. The molecule has 2 aromatic rings. The van der Waals surface area contributed by atoms with Crippen LogP contribution in [0.15, 0.2) is 34.1 Å². The number of carbonyl (C=O) groups excluding carboxylic acids is 1. The molecule has 0 fully saturated rings. The molecule has 0 bridgehead atoms. The van der Waals surface area contributed by atoms with E-state index < -0.39 is 10.8 Å². The van der Waals surface area contributed by atoms with Gasteiger partial charge in [0.2, 0.25) is 5.91 Å². The van der Waals surface area contributed by atoms with Gasteiger partial charge in [-0.1, -0.05) is 0 Å². The molecular weight excluding hydrogens is 358 g/mol. The molecule has 0 aliphatic heterocycles. The van der Waals surface area contributed by atoms with Crippen LogP contribution in [0, 0.1) is 10.1 Å². The van der Waals surface area contributed by atoms with Crippen molar-refractivity contribution in [2.45, 2.75) is 6.42 Å². The predicted octanol–water partition coefficient (Wildman–Crippen LogP) is 3.17. The first kappa shape index (κ1) is 15.5. The summed E-state index contributed by atoms with van der Waals surface area (Å²) < 4.78 is 1.05. The Bertz CT molecular complexity index is 687. The first-order valence-corrected chi connectivity index (χ1v) is 7.64. The molecule has 1 aromatic carbocycles. The molecule has 0 radical (unpaired) electrons.